The van der Waals surface area contributed by atoms with E-state index in [1.54, 1.807) is 6.20 Å². The number of rotatable bonds is 5. The van der Waals surface area contributed by atoms with Gasteiger partial charge in [-0.1, -0.05) is 26.7 Å². The summed E-state index contributed by atoms with van der Waals surface area (Å²) in [7, 11) is 0. The first-order chi connectivity index (χ1) is 6.18. The summed E-state index contributed by atoms with van der Waals surface area (Å²) in [6.07, 6.45) is 7.35. The van der Waals surface area contributed by atoms with E-state index in [9.17, 15) is 0 Å². The third kappa shape index (κ3) is 3.97. The Morgan fingerprint density at radius 1 is 1.46 bits per heavy atom. The molecule has 0 atom stereocenters. The van der Waals surface area contributed by atoms with Crippen molar-refractivity contribution in [1.82, 2.24) is 9.78 Å². The van der Waals surface area contributed by atoms with Crippen molar-refractivity contribution in [2.75, 3.05) is 5.73 Å². The van der Waals surface area contributed by atoms with Crippen molar-refractivity contribution in [2.24, 2.45) is 5.92 Å². The number of nitrogen functional groups attached to an aromatic ring is 1. The van der Waals surface area contributed by atoms with E-state index < -0.39 is 0 Å². The number of anilines is 1. The van der Waals surface area contributed by atoms with Gasteiger partial charge in [0.2, 0.25) is 0 Å². The van der Waals surface area contributed by atoms with Crippen LogP contribution in [0, 0.1) is 5.92 Å². The van der Waals surface area contributed by atoms with E-state index in [-0.39, 0.29) is 0 Å². The van der Waals surface area contributed by atoms with Crippen molar-refractivity contribution in [2.45, 2.75) is 39.7 Å². The lowest BCUT2D eigenvalue weighted by Crippen LogP contribution is -1.99. The van der Waals surface area contributed by atoms with Gasteiger partial charge in [0.05, 0.1) is 11.9 Å². The summed E-state index contributed by atoms with van der Waals surface area (Å²) in [6.45, 7) is 5.50. The molecule has 1 heterocycles. The SMILES string of the molecule is CC(C)CCCCn1cc(N)cn1. The molecule has 0 unspecified atom stereocenters. The standard InChI is InChI=1S/C10H19N3/c1-9(2)5-3-4-6-13-8-10(11)7-12-13/h7-9H,3-6,11H2,1-2H3. The minimum Gasteiger partial charge on any atom is -0.396 e. The first-order valence-electron chi connectivity index (χ1n) is 4.96. The zero-order valence-corrected chi connectivity index (χ0v) is 8.53. The molecule has 0 radical (unpaired) electrons. The van der Waals surface area contributed by atoms with E-state index in [1.165, 1.54) is 19.3 Å². The molecule has 0 saturated heterocycles. The summed E-state index contributed by atoms with van der Waals surface area (Å²) in [5.41, 5.74) is 6.30. The Kier molecular flexibility index (Phi) is 3.80. The summed E-state index contributed by atoms with van der Waals surface area (Å²) in [5, 5.41) is 4.12. The number of nitrogens with zero attached hydrogens (tertiary/aromatic N) is 2. The number of aryl methyl sites for hydroxylation is 1. The Bertz CT molecular complexity index is 240. The highest BCUT2D eigenvalue weighted by atomic mass is 15.3. The summed E-state index contributed by atoms with van der Waals surface area (Å²) in [6, 6.07) is 0. The second-order valence-electron chi connectivity index (χ2n) is 3.93. The van der Waals surface area contributed by atoms with Gasteiger partial charge in [-0.15, -0.1) is 0 Å². The maximum atomic E-state index is 5.55. The van der Waals surface area contributed by atoms with Crippen LogP contribution in [-0.2, 0) is 6.54 Å². The number of aromatic nitrogens is 2. The Morgan fingerprint density at radius 2 is 2.23 bits per heavy atom. The molecular weight excluding hydrogens is 162 g/mol. The second-order valence-corrected chi connectivity index (χ2v) is 3.93. The lowest BCUT2D eigenvalue weighted by Gasteiger charge is -2.04. The number of nitrogens with two attached hydrogens (primary N) is 1. The minimum atomic E-state index is 0.754. The number of hydrogen-bond donors (Lipinski definition) is 1. The highest BCUT2D eigenvalue weighted by Crippen LogP contribution is 2.07. The van der Waals surface area contributed by atoms with Crippen LogP contribution < -0.4 is 5.73 Å². The van der Waals surface area contributed by atoms with E-state index in [0.717, 1.165) is 18.2 Å². The highest BCUT2D eigenvalue weighted by molar-refractivity contribution is 5.30. The van der Waals surface area contributed by atoms with Crippen LogP contribution in [-0.4, -0.2) is 9.78 Å². The maximum Gasteiger partial charge on any atom is 0.0719 e. The number of unbranched alkanes of at least 4 members (excludes halogenated alkanes) is 1. The van der Waals surface area contributed by atoms with E-state index in [0.29, 0.717) is 0 Å². The Labute approximate surface area is 79.9 Å². The van der Waals surface area contributed by atoms with Gasteiger partial charge in [0.15, 0.2) is 0 Å². The molecule has 0 bridgehead atoms. The molecule has 1 aromatic rings. The average molecular weight is 181 g/mol. The smallest absolute Gasteiger partial charge is 0.0719 e. The van der Waals surface area contributed by atoms with Gasteiger partial charge >= 0.3 is 0 Å². The Morgan fingerprint density at radius 3 is 2.77 bits per heavy atom. The Hall–Kier alpha value is -0.990. The molecular formula is C10H19N3. The third-order valence-corrected chi connectivity index (χ3v) is 2.07. The van der Waals surface area contributed by atoms with Crippen LogP contribution in [0.4, 0.5) is 5.69 Å². The predicted octanol–water partition coefficient (Wildman–Crippen LogP) is 2.29. The van der Waals surface area contributed by atoms with Gasteiger partial charge in [-0.05, 0) is 12.3 Å². The largest absolute Gasteiger partial charge is 0.396 e. The third-order valence-electron chi connectivity index (χ3n) is 2.07. The van der Waals surface area contributed by atoms with Crippen molar-refractivity contribution in [1.29, 1.82) is 0 Å². The average Bonchev–Trinajstić information content (AvgIpc) is 2.45. The molecule has 0 fully saturated rings. The van der Waals surface area contributed by atoms with Crippen LogP contribution in [0.15, 0.2) is 12.4 Å². The monoisotopic (exact) mass is 181 g/mol. The molecule has 0 aromatic carbocycles. The van der Waals surface area contributed by atoms with Gasteiger partial charge in [-0.25, -0.2) is 0 Å². The van der Waals surface area contributed by atoms with Gasteiger partial charge < -0.3 is 5.73 Å². The van der Waals surface area contributed by atoms with Gasteiger partial charge in [-0.2, -0.15) is 5.10 Å². The molecule has 3 heteroatoms. The normalized spacial score (nSPS) is 11.0. The number of hydrogen-bond acceptors (Lipinski definition) is 2. The van der Waals surface area contributed by atoms with Crippen LogP contribution in [0.25, 0.3) is 0 Å². The lowest BCUT2D eigenvalue weighted by atomic mass is 10.1. The minimum absolute atomic E-state index is 0.754. The van der Waals surface area contributed by atoms with E-state index in [2.05, 4.69) is 18.9 Å². The molecule has 0 aliphatic carbocycles. The zero-order chi connectivity index (χ0) is 9.68. The molecule has 3 nitrogen and oxygen atoms in total. The molecule has 1 aromatic heterocycles. The van der Waals surface area contributed by atoms with Crippen LogP contribution in [0.2, 0.25) is 0 Å². The van der Waals surface area contributed by atoms with E-state index >= 15 is 0 Å². The van der Waals surface area contributed by atoms with Crippen LogP contribution >= 0.6 is 0 Å². The highest BCUT2D eigenvalue weighted by Gasteiger charge is 1.96. The molecule has 2 N–H and O–H groups in total. The molecule has 13 heavy (non-hydrogen) atoms. The van der Waals surface area contributed by atoms with Crippen LogP contribution in [0.3, 0.4) is 0 Å². The van der Waals surface area contributed by atoms with Gasteiger partial charge in [0.25, 0.3) is 0 Å². The first-order valence-corrected chi connectivity index (χ1v) is 4.96. The lowest BCUT2D eigenvalue weighted by molar-refractivity contribution is 0.492. The molecule has 0 aliphatic rings. The van der Waals surface area contributed by atoms with E-state index in [4.69, 9.17) is 5.73 Å². The fourth-order valence-electron chi connectivity index (χ4n) is 1.33. The summed E-state index contributed by atoms with van der Waals surface area (Å²) in [4.78, 5) is 0. The Balaban J connectivity index is 2.13. The zero-order valence-electron chi connectivity index (χ0n) is 8.53. The van der Waals surface area contributed by atoms with Crippen molar-refractivity contribution in [3.05, 3.63) is 12.4 Å². The van der Waals surface area contributed by atoms with Crippen molar-refractivity contribution in [3.8, 4) is 0 Å². The summed E-state index contributed by atoms with van der Waals surface area (Å²) in [5.74, 6) is 0.808. The van der Waals surface area contributed by atoms with Gasteiger partial charge in [0.1, 0.15) is 0 Å². The van der Waals surface area contributed by atoms with Crippen molar-refractivity contribution >= 4 is 5.69 Å². The summed E-state index contributed by atoms with van der Waals surface area (Å²) >= 11 is 0. The van der Waals surface area contributed by atoms with Gasteiger partial charge in [0, 0.05) is 12.7 Å². The van der Waals surface area contributed by atoms with Crippen molar-refractivity contribution in [3.63, 3.8) is 0 Å². The van der Waals surface area contributed by atoms with Crippen molar-refractivity contribution < 1.29 is 0 Å². The quantitative estimate of drug-likeness (QED) is 0.708. The molecule has 0 spiro atoms. The predicted molar refractivity (Wildman–Crippen MR) is 55.3 cm³/mol. The first kappa shape index (κ1) is 10.1. The van der Waals surface area contributed by atoms with Gasteiger partial charge in [-0.3, -0.25) is 4.68 Å². The van der Waals surface area contributed by atoms with Crippen LogP contribution in [0.5, 0.6) is 0 Å². The summed E-state index contributed by atoms with van der Waals surface area (Å²) < 4.78 is 1.91. The topological polar surface area (TPSA) is 43.8 Å². The molecule has 0 amide bonds. The molecule has 74 valence electrons. The molecule has 0 saturated carbocycles. The molecule has 1 rings (SSSR count). The fourth-order valence-corrected chi connectivity index (χ4v) is 1.33. The fraction of sp³-hybridized carbons (Fsp3) is 0.700. The van der Waals surface area contributed by atoms with E-state index in [1.807, 2.05) is 10.9 Å². The van der Waals surface area contributed by atoms with Crippen LogP contribution in [0.1, 0.15) is 33.1 Å². The second kappa shape index (κ2) is 4.90. The maximum absolute atomic E-state index is 5.55. The molecule has 0 aliphatic heterocycles.